The molecule has 0 heterocycles. The van der Waals surface area contributed by atoms with Gasteiger partial charge in [0, 0.05) is 5.39 Å². The molecule has 0 radical (unpaired) electrons. The van der Waals surface area contributed by atoms with Crippen molar-refractivity contribution >= 4 is 110 Å². The predicted molar refractivity (Wildman–Crippen MR) is 196 cm³/mol. The Morgan fingerprint density at radius 2 is 1.05 bits per heavy atom. The Labute approximate surface area is 487 Å². The second-order valence-corrected chi connectivity index (χ2v) is 22.0. The summed E-state index contributed by atoms with van der Waals surface area (Å²) in [6, 6.07) is 7.64. The van der Waals surface area contributed by atoms with Gasteiger partial charge in [-0.15, -0.1) is 15.3 Å². The Hall–Kier alpha value is 0.310. The van der Waals surface area contributed by atoms with E-state index in [4.69, 9.17) is 4.55 Å². The van der Waals surface area contributed by atoms with Gasteiger partial charge in [-0.05, 0) is 60.0 Å². The first-order valence-electron chi connectivity index (χ1n) is 15.4. The maximum absolute atomic E-state index is 13.7. The SMILES string of the molecule is O=S(=O)([O-])CNc1ccc2c([O-])c(N=Nc3ccc(S(=O)(=O)CCOS(=O)(=O)[O-])cc3)c(S(=O)(=O)[O-])cc2c1N=Nc1ccc(S(=O)(=O)CCOS(=O)(=O)O)cc1S(=O)(=O)[O-].[Na+].[Na+].[Na+].[Na+].[Na+]. The van der Waals surface area contributed by atoms with Gasteiger partial charge >= 0.3 is 158 Å². The average Bonchev–Trinajstić information content (AvgIpc) is 3.10. The van der Waals surface area contributed by atoms with Crippen LogP contribution in [0.25, 0.3) is 10.8 Å². The molecule has 27 nitrogen and oxygen atoms in total. The first kappa shape index (κ1) is 68.4. The molecule has 4 aromatic carbocycles. The second kappa shape index (κ2) is 26.8. The average molecular weight is 1110 g/mol. The fourth-order valence-corrected chi connectivity index (χ4v) is 9.39. The number of nitrogens with zero attached hydrogens (tertiary/aromatic N) is 4. The van der Waals surface area contributed by atoms with Crippen LogP contribution in [0.3, 0.4) is 0 Å². The predicted octanol–water partition coefficient (Wildman–Crippen LogP) is -14.7. The minimum absolute atomic E-state index is 0. The Bertz CT molecular complexity index is 3270. The molecule has 0 saturated carbocycles. The van der Waals surface area contributed by atoms with Crippen LogP contribution in [-0.4, -0.2) is 112 Å². The third-order valence-electron chi connectivity index (χ3n) is 7.34. The third-order valence-corrected chi connectivity index (χ3v) is 13.8. The number of fused-ring (bicyclic) bond motifs is 1. The molecular formula is C27H22N5Na5O22S7. The molecular weight excluding hydrogens is 1090 g/mol. The Morgan fingerprint density at radius 3 is 1.55 bits per heavy atom. The van der Waals surface area contributed by atoms with E-state index >= 15 is 0 Å². The van der Waals surface area contributed by atoms with Gasteiger partial charge in [0.2, 0.25) is 10.4 Å². The summed E-state index contributed by atoms with van der Waals surface area (Å²) in [5.41, 5.74) is -3.66. The van der Waals surface area contributed by atoms with Crippen molar-refractivity contribution < 1.29 is 243 Å². The number of azo groups is 2. The molecule has 0 aliphatic heterocycles. The molecule has 0 unspecified atom stereocenters. The quantitative estimate of drug-likeness (QED) is 0.0381. The molecule has 0 atom stereocenters. The molecule has 0 fully saturated rings. The maximum Gasteiger partial charge on any atom is 1.00 e. The minimum Gasteiger partial charge on any atom is -0.871 e. The molecule has 0 aliphatic carbocycles. The standard InChI is InChI=1S/C27H27N5O22S7.5Na/c33-27-19-6-8-22(28-15-57(38,39)40)25(31-30-21-7-5-18(13-23(21)58(41,42)43)56(36,37)12-10-54-61(50,51)52)20(19)14-24(59(44,45)46)26(27)32-29-16-1-3-17(4-2-16)55(34,35)11-9-53-60(47,48)49;;;;;/h1-8,13-14,28,33H,9-12,15H2,(H,38,39,40)(H,41,42,43)(H,44,45,46)(H,47,48,49)(H,50,51,52);;;;;/q;5*+1/p-5. The fraction of sp³-hybridized carbons (Fsp3) is 0.185. The number of benzene rings is 4. The molecule has 2 N–H and O–H groups in total. The van der Waals surface area contributed by atoms with E-state index in [0.29, 0.717) is 18.2 Å². The van der Waals surface area contributed by atoms with Crippen LogP contribution >= 0.6 is 0 Å². The molecule has 0 bridgehead atoms. The summed E-state index contributed by atoms with van der Waals surface area (Å²) in [4.78, 5) is -4.12. The van der Waals surface area contributed by atoms with Crippen LogP contribution in [0.5, 0.6) is 5.75 Å². The van der Waals surface area contributed by atoms with E-state index in [2.05, 4.69) is 34.1 Å². The first-order valence-corrected chi connectivity index (χ1v) is 25.8. The van der Waals surface area contributed by atoms with Crippen molar-refractivity contribution in [1.82, 2.24) is 0 Å². The Balaban J connectivity index is 0. The molecule has 0 spiro atoms. The Kier molecular flexibility index (Phi) is 27.8. The van der Waals surface area contributed by atoms with Crippen LogP contribution in [-0.2, 0) is 79.2 Å². The summed E-state index contributed by atoms with van der Waals surface area (Å²) < 4.78 is 228. The van der Waals surface area contributed by atoms with E-state index in [1.165, 1.54) is 0 Å². The molecule has 39 heteroatoms. The molecule has 334 valence electrons. The zero-order valence-electron chi connectivity index (χ0n) is 34.5. The molecule has 0 amide bonds. The van der Waals surface area contributed by atoms with E-state index in [1.54, 1.807) is 0 Å². The normalized spacial score (nSPS) is 12.6. The van der Waals surface area contributed by atoms with Crippen molar-refractivity contribution in [3.05, 3.63) is 60.7 Å². The topological polar surface area (TPSA) is 454 Å². The number of anilines is 1. The van der Waals surface area contributed by atoms with Crippen LogP contribution in [0, 0.1) is 0 Å². The van der Waals surface area contributed by atoms with Gasteiger partial charge in [-0.25, -0.2) is 54.7 Å². The summed E-state index contributed by atoms with van der Waals surface area (Å²) >= 11 is 0. The smallest absolute Gasteiger partial charge is 0.871 e. The first-order chi connectivity index (χ1) is 27.8. The zero-order valence-corrected chi connectivity index (χ0v) is 50.2. The largest absolute Gasteiger partial charge is 1.00 e. The van der Waals surface area contributed by atoms with Crippen molar-refractivity contribution in [2.24, 2.45) is 20.5 Å². The van der Waals surface area contributed by atoms with Gasteiger partial charge < -0.3 is 28.6 Å². The minimum atomic E-state index is -5.72. The van der Waals surface area contributed by atoms with Crippen LogP contribution in [0.2, 0.25) is 0 Å². The molecule has 0 saturated heterocycles. The molecule has 0 aliphatic rings. The van der Waals surface area contributed by atoms with Crippen molar-refractivity contribution in [1.29, 1.82) is 0 Å². The van der Waals surface area contributed by atoms with Crippen LogP contribution in [0.1, 0.15) is 0 Å². The van der Waals surface area contributed by atoms with Crippen LogP contribution in [0.4, 0.5) is 28.4 Å². The van der Waals surface area contributed by atoms with Gasteiger partial charge in [0.15, 0.2) is 19.7 Å². The number of hydrogen-bond acceptors (Lipinski definition) is 26. The molecule has 0 aromatic heterocycles. The third kappa shape index (κ3) is 20.4. The number of nitrogens with one attached hydrogen (secondary N) is 1. The number of sulfone groups is 2. The van der Waals surface area contributed by atoms with Gasteiger partial charge in [0.05, 0.1) is 61.4 Å². The van der Waals surface area contributed by atoms with Crippen molar-refractivity contribution in [2.75, 3.05) is 35.9 Å². The van der Waals surface area contributed by atoms with Gasteiger partial charge in [-0.3, -0.25) is 8.74 Å². The number of rotatable bonds is 19. The molecule has 4 aromatic rings. The van der Waals surface area contributed by atoms with E-state index < -0.39 is 160 Å². The van der Waals surface area contributed by atoms with Gasteiger partial charge in [-0.1, -0.05) is 11.8 Å². The van der Waals surface area contributed by atoms with Crippen molar-refractivity contribution in [2.45, 2.75) is 19.6 Å². The van der Waals surface area contributed by atoms with Crippen LogP contribution in [0.15, 0.2) is 101 Å². The summed E-state index contributed by atoms with van der Waals surface area (Å²) in [7, 11) is -35.6. The molecule has 4 rings (SSSR count). The second-order valence-electron chi connectivity index (χ2n) is 11.5. The van der Waals surface area contributed by atoms with Crippen molar-refractivity contribution in [3.8, 4) is 5.75 Å². The fourth-order valence-electron chi connectivity index (χ4n) is 4.73. The van der Waals surface area contributed by atoms with Gasteiger partial charge in [0.25, 0.3) is 0 Å². The van der Waals surface area contributed by atoms with Crippen molar-refractivity contribution in [3.63, 3.8) is 0 Å². The van der Waals surface area contributed by atoms with Gasteiger partial charge in [-0.2, -0.15) is 13.5 Å². The zero-order chi connectivity index (χ0) is 46.0. The van der Waals surface area contributed by atoms with E-state index in [9.17, 15) is 82.2 Å². The van der Waals surface area contributed by atoms with E-state index in [1.807, 2.05) is 0 Å². The summed E-state index contributed by atoms with van der Waals surface area (Å²) in [6.45, 7) is -2.16. The van der Waals surface area contributed by atoms with E-state index in [0.717, 1.165) is 36.4 Å². The van der Waals surface area contributed by atoms with Gasteiger partial charge in [0.1, 0.15) is 47.6 Å². The molecule has 66 heavy (non-hydrogen) atoms. The summed E-state index contributed by atoms with van der Waals surface area (Å²) in [5, 5.41) is 29.0. The monoisotopic (exact) mass is 1110 g/mol. The summed E-state index contributed by atoms with van der Waals surface area (Å²) in [5.74, 6) is -4.89. The van der Waals surface area contributed by atoms with Crippen LogP contribution < -0.4 is 158 Å². The summed E-state index contributed by atoms with van der Waals surface area (Å²) in [6.07, 6.45) is 0. The Morgan fingerprint density at radius 1 is 0.545 bits per heavy atom. The van der Waals surface area contributed by atoms with E-state index in [-0.39, 0.29) is 160 Å². The maximum atomic E-state index is 13.7. The number of hydrogen-bond donors (Lipinski definition) is 2.